The second kappa shape index (κ2) is 6.20. The first-order chi connectivity index (χ1) is 11.4. The lowest BCUT2D eigenvalue weighted by Gasteiger charge is -2.05. The van der Waals surface area contributed by atoms with E-state index >= 15 is 0 Å². The number of aliphatic hydroxyl groups is 1. The molecule has 124 valence electrons. The van der Waals surface area contributed by atoms with E-state index in [1.54, 1.807) is 19.1 Å². The monoisotopic (exact) mass is 344 g/mol. The average molecular weight is 344 g/mol. The molecule has 0 unspecified atom stereocenters. The summed E-state index contributed by atoms with van der Waals surface area (Å²) in [6.07, 6.45) is 0. The first kappa shape index (κ1) is 16.4. The van der Waals surface area contributed by atoms with E-state index in [4.69, 9.17) is 14.8 Å². The van der Waals surface area contributed by atoms with Crippen LogP contribution in [0.5, 0.6) is 0 Å². The summed E-state index contributed by atoms with van der Waals surface area (Å²) in [4.78, 5) is 0.0502. The molecule has 1 heterocycles. The Balaban J connectivity index is 2.07. The SMILES string of the molecule is Cc1onc(-c2ccc(CO)cc2)c1-c1ccc(S(N)(=O)=O)cc1. The third kappa shape index (κ3) is 3.09. The number of sulfonamides is 1. The molecule has 0 saturated carbocycles. The number of primary sulfonamides is 1. The van der Waals surface area contributed by atoms with Gasteiger partial charge < -0.3 is 9.63 Å². The zero-order chi connectivity index (χ0) is 17.3. The van der Waals surface area contributed by atoms with E-state index in [1.807, 2.05) is 24.3 Å². The van der Waals surface area contributed by atoms with Crippen molar-refractivity contribution in [3.8, 4) is 22.4 Å². The number of aromatic nitrogens is 1. The molecule has 0 aliphatic rings. The minimum atomic E-state index is -3.73. The number of nitrogens with two attached hydrogens (primary N) is 1. The highest BCUT2D eigenvalue weighted by Crippen LogP contribution is 2.34. The first-order valence-corrected chi connectivity index (χ1v) is 8.74. The summed E-state index contributed by atoms with van der Waals surface area (Å²) in [5.74, 6) is 0.625. The molecule has 0 aliphatic carbocycles. The quantitative estimate of drug-likeness (QED) is 0.756. The van der Waals surface area contributed by atoms with Crippen LogP contribution in [0.4, 0.5) is 0 Å². The average Bonchev–Trinajstić information content (AvgIpc) is 2.96. The minimum Gasteiger partial charge on any atom is -0.392 e. The summed E-state index contributed by atoms with van der Waals surface area (Å²) in [7, 11) is -3.73. The van der Waals surface area contributed by atoms with E-state index in [0.717, 1.165) is 22.3 Å². The summed E-state index contributed by atoms with van der Waals surface area (Å²) in [6, 6.07) is 13.6. The van der Waals surface area contributed by atoms with E-state index < -0.39 is 10.0 Å². The zero-order valence-electron chi connectivity index (χ0n) is 12.9. The molecule has 3 rings (SSSR count). The lowest BCUT2D eigenvalue weighted by atomic mass is 9.99. The molecule has 0 spiro atoms. The fraction of sp³-hybridized carbons (Fsp3) is 0.118. The number of aryl methyl sites for hydroxylation is 1. The molecule has 3 N–H and O–H groups in total. The molecular formula is C17H16N2O4S. The van der Waals surface area contributed by atoms with Gasteiger partial charge in [-0.1, -0.05) is 41.6 Å². The highest BCUT2D eigenvalue weighted by atomic mass is 32.2. The summed E-state index contributed by atoms with van der Waals surface area (Å²) in [5, 5.41) is 18.4. The summed E-state index contributed by atoms with van der Waals surface area (Å²) >= 11 is 0. The predicted molar refractivity (Wildman–Crippen MR) is 89.4 cm³/mol. The van der Waals surface area contributed by atoms with Crippen molar-refractivity contribution in [2.24, 2.45) is 5.14 Å². The Morgan fingerprint density at radius 2 is 1.62 bits per heavy atom. The van der Waals surface area contributed by atoms with Gasteiger partial charge in [-0.2, -0.15) is 0 Å². The maximum absolute atomic E-state index is 11.4. The van der Waals surface area contributed by atoms with Crippen LogP contribution in [-0.4, -0.2) is 18.7 Å². The largest absolute Gasteiger partial charge is 0.392 e. The molecule has 0 aliphatic heterocycles. The number of benzene rings is 2. The van der Waals surface area contributed by atoms with Crippen LogP contribution in [-0.2, 0) is 16.6 Å². The fourth-order valence-corrected chi connectivity index (χ4v) is 3.00. The van der Waals surface area contributed by atoms with Crippen molar-refractivity contribution < 1.29 is 18.0 Å². The van der Waals surface area contributed by atoms with Crippen LogP contribution in [0.2, 0.25) is 0 Å². The predicted octanol–water partition coefficient (Wildman–Crippen LogP) is 2.46. The van der Waals surface area contributed by atoms with Crippen molar-refractivity contribution in [3.05, 3.63) is 59.9 Å². The number of aliphatic hydroxyl groups excluding tert-OH is 1. The van der Waals surface area contributed by atoms with E-state index in [0.29, 0.717) is 11.5 Å². The summed E-state index contributed by atoms with van der Waals surface area (Å²) < 4.78 is 28.1. The van der Waals surface area contributed by atoms with Crippen LogP contribution in [0.3, 0.4) is 0 Å². The summed E-state index contributed by atoms with van der Waals surface area (Å²) in [5.41, 5.74) is 3.86. The Morgan fingerprint density at radius 3 is 2.17 bits per heavy atom. The van der Waals surface area contributed by atoms with Gasteiger partial charge in [0.25, 0.3) is 0 Å². The minimum absolute atomic E-state index is 0.0278. The van der Waals surface area contributed by atoms with Crippen LogP contribution < -0.4 is 5.14 Å². The van der Waals surface area contributed by atoms with Gasteiger partial charge in [0.1, 0.15) is 11.5 Å². The molecule has 2 aromatic carbocycles. The van der Waals surface area contributed by atoms with Gasteiger partial charge in [-0.25, -0.2) is 13.6 Å². The molecule has 0 bridgehead atoms. The Morgan fingerprint density at radius 1 is 1.04 bits per heavy atom. The van der Waals surface area contributed by atoms with Crippen LogP contribution in [0.25, 0.3) is 22.4 Å². The normalized spacial score (nSPS) is 11.6. The van der Waals surface area contributed by atoms with Crippen molar-refractivity contribution >= 4 is 10.0 Å². The highest BCUT2D eigenvalue weighted by Gasteiger charge is 2.17. The zero-order valence-corrected chi connectivity index (χ0v) is 13.7. The maximum atomic E-state index is 11.4. The Kier molecular flexibility index (Phi) is 4.23. The Labute approximate surface area is 139 Å². The summed E-state index contributed by atoms with van der Waals surface area (Å²) in [6.45, 7) is 1.77. The van der Waals surface area contributed by atoms with Crippen LogP contribution in [0.1, 0.15) is 11.3 Å². The molecule has 6 nitrogen and oxygen atoms in total. The molecule has 1 aromatic heterocycles. The first-order valence-electron chi connectivity index (χ1n) is 7.20. The molecule has 7 heteroatoms. The van der Waals surface area contributed by atoms with Gasteiger partial charge in [-0.05, 0) is 30.2 Å². The van der Waals surface area contributed by atoms with Gasteiger partial charge in [-0.3, -0.25) is 0 Å². The lowest BCUT2D eigenvalue weighted by Crippen LogP contribution is -2.11. The van der Waals surface area contributed by atoms with Gasteiger partial charge in [0.05, 0.1) is 17.1 Å². The van der Waals surface area contributed by atoms with Gasteiger partial charge in [0, 0.05) is 5.56 Å². The van der Waals surface area contributed by atoms with Crippen LogP contribution in [0, 0.1) is 6.92 Å². The third-order valence-corrected chi connectivity index (χ3v) is 4.67. The third-order valence-electron chi connectivity index (χ3n) is 3.74. The van der Waals surface area contributed by atoms with Crippen LogP contribution in [0.15, 0.2) is 57.9 Å². The molecular weight excluding hydrogens is 328 g/mol. The topological polar surface area (TPSA) is 106 Å². The highest BCUT2D eigenvalue weighted by molar-refractivity contribution is 7.89. The molecule has 0 saturated heterocycles. The van der Waals surface area contributed by atoms with E-state index in [1.165, 1.54) is 12.1 Å². The molecule has 0 amide bonds. The van der Waals surface area contributed by atoms with Gasteiger partial charge >= 0.3 is 0 Å². The number of hydrogen-bond acceptors (Lipinski definition) is 5. The van der Waals surface area contributed by atoms with Crippen molar-refractivity contribution in [3.63, 3.8) is 0 Å². The van der Waals surface area contributed by atoms with Gasteiger partial charge in [0.15, 0.2) is 0 Å². The molecule has 0 fully saturated rings. The van der Waals surface area contributed by atoms with E-state index in [-0.39, 0.29) is 11.5 Å². The Bertz CT molecular complexity index is 959. The maximum Gasteiger partial charge on any atom is 0.238 e. The molecule has 3 aromatic rings. The van der Waals surface area contributed by atoms with Crippen molar-refractivity contribution in [2.45, 2.75) is 18.4 Å². The van der Waals surface area contributed by atoms with Gasteiger partial charge in [-0.15, -0.1) is 0 Å². The van der Waals surface area contributed by atoms with Crippen molar-refractivity contribution in [1.29, 1.82) is 0 Å². The van der Waals surface area contributed by atoms with E-state index in [2.05, 4.69) is 5.16 Å². The number of hydrogen-bond donors (Lipinski definition) is 2. The molecule has 0 radical (unpaired) electrons. The lowest BCUT2D eigenvalue weighted by molar-refractivity contribution is 0.282. The van der Waals surface area contributed by atoms with Crippen molar-refractivity contribution in [1.82, 2.24) is 5.16 Å². The number of rotatable bonds is 4. The molecule has 0 atom stereocenters. The second-order valence-corrected chi connectivity index (χ2v) is 6.95. The van der Waals surface area contributed by atoms with Crippen molar-refractivity contribution in [2.75, 3.05) is 0 Å². The van der Waals surface area contributed by atoms with Gasteiger partial charge in [0.2, 0.25) is 10.0 Å². The van der Waals surface area contributed by atoms with Crippen LogP contribution >= 0.6 is 0 Å². The standard InChI is InChI=1S/C17H16N2O4S/c1-11-16(13-6-8-15(9-7-13)24(18,21)22)17(19-23-11)14-4-2-12(10-20)3-5-14/h2-9,20H,10H2,1H3,(H2,18,21,22). The molecule has 24 heavy (non-hydrogen) atoms. The van der Waals surface area contributed by atoms with E-state index in [9.17, 15) is 8.42 Å². The fourth-order valence-electron chi connectivity index (χ4n) is 2.49. The Hall–Kier alpha value is -2.48. The smallest absolute Gasteiger partial charge is 0.238 e. The second-order valence-electron chi connectivity index (χ2n) is 5.39. The number of nitrogens with zero attached hydrogens (tertiary/aromatic N) is 1.